The molecule has 0 aromatic heterocycles. The second-order valence-corrected chi connectivity index (χ2v) is 10.4. The molecular weight excluding hydrogens is 504 g/mol. The monoisotopic (exact) mass is 562 g/mol. The largest absolute Gasteiger partial charge is 0.394 e. The van der Waals surface area contributed by atoms with E-state index >= 15 is 0 Å². The lowest BCUT2D eigenvalue weighted by molar-refractivity contribution is -0.131. The van der Waals surface area contributed by atoms with E-state index in [4.69, 9.17) is 9.84 Å². The van der Waals surface area contributed by atoms with Crippen LogP contribution in [0.4, 0.5) is 0 Å². The fourth-order valence-electron chi connectivity index (χ4n) is 4.05. The molecule has 8 N–H and O–H groups in total. The zero-order valence-corrected chi connectivity index (χ0v) is 24.2. The van der Waals surface area contributed by atoms with Crippen molar-refractivity contribution in [2.45, 2.75) is 127 Å². The summed E-state index contributed by atoms with van der Waals surface area (Å²) in [6, 6.07) is 0. The molecule has 5 unspecified atom stereocenters. The summed E-state index contributed by atoms with van der Waals surface area (Å²) in [5, 5.41) is 62.8. The molecule has 0 rings (SSSR count). The number of aliphatic hydroxyl groups is 6. The predicted octanol–water partition coefficient (Wildman–Crippen LogP) is 1.54. The highest BCUT2D eigenvalue weighted by Gasteiger charge is 2.30. The number of ether oxygens (including phenoxy) is 1. The topological polar surface area (TPSA) is 172 Å². The van der Waals surface area contributed by atoms with E-state index in [0.717, 1.165) is 25.7 Å². The number of hydrogen-bond donors (Lipinski definition) is 8. The van der Waals surface area contributed by atoms with Gasteiger partial charge in [-0.25, -0.2) is 0 Å². The molecular formula is C29H58N2O8. The molecule has 0 spiro atoms. The third-order valence-corrected chi connectivity index (χ3v) is 6.59. The van der Waals surface area contributed by atoms with Crippen molar-refractivity contribution in [3.63, 3.8) is 0 Å². The van der Waals surface area contributed by atoms with Gasteiger partial charge < -0.3 is 46.0 Å². The molecule has 0 saturated heterocycles. The first-order valence-corrected chi connectivity index (χ1v) is 15.0. The Morgan fingerprint density at radius 2 is 1.31 bits per heavy atom. The molecule has 0 aliphatic carbocycles. The van der Waals surface area contributed by atoms with Crippen LogP contribution >= 0.6 is 0 Å². The average Bonchev–Trinajstić information content (AvgIpc) is 2.93. The molecule has 5 atom stereocenters. The molecule has 0 aliphatic rings. The smallest absolute Gasteiger partial charge is 0.220 e. The van der Waals surface area contributed by atoms with Crippen LogP contribution in [0.15, 0.2) is 12.2 Å². The molecule has 0 bridgehead atoms. The molecule has 0 aliphatic heterocycles. The number of aliphatic hydroxyl groups excluding tert-OH is 6. The van der Waals surface area contributed by atoms with Gasteiger partial charge in [-0.05, 0) is 32.1 Å². The second kappa shape index (κ2) is 27.1. The molecule has 10 nitrogen and oxygen atoms in total. The summed E-state index contributed by atoms with van der Waals surface area (Å²) in [7, 11) is 0. The van der Waals surface area contributed by atoms with Crippen molar-refractivity contribution in [3.8, 4) is 0 Å². The Bertz CT molecular complexity index is 581. The fraction of sp³-hybridized carbons (Fsp3) is 0.897. The Morgan fingerprint density at radius 1 is 0.744 bits per heavy atom. The van der Waals surface area contributed by atoms with Crippen LogP contribution in [0.25, 0.3) is 0 Å². The number of allylic oxidation sites excluding steroid dienone is 2. The van der Waals surface area contributed by atoms with Crippen LogP contribution in [0, 0.1) is 0 Å². The Hall–Kier alpha value is -1.11. The number of carbonyl (C=O) groups is 1. The average molecular weight is 563 g/mol. The molecule has 39 heavy (non-hydrogen) atoms. The van der Waals surface area contributed by atoms with Gasteiger partial charge in [-0.3, -0.25) is 4.79 Å². The highest BCUT2D eigenvalue weighted by molar-refractivity contribution is 5.75. The minimum Gasteiger partial charge on any atom is -0.394 e. The fourth-order valence-corrected chi connectivity index (χ4v) is 4.05. The minimum atomic E-state index is -1.72. The predicted molar refractivity (Wildman–Crippen MR) is 153 cm³/mol. The molecule has 0 radical (unpaired) electrons. The van der Waals surface area contributed by atoms with Gasteiger partial charge in [-0.2, -0.15) is 0 Å². The van der Waals surface area contributed by atoms with Gasteiger partial charge in [0.2, 0.25) is 5.91 Å². The Labute approximate surface area is 235 Å². The van der Waals surface area contributed by atoms with Crippen LogP contribution in [0.2, 0.25) is 0 Å². The van der Waals surface area contributed by atoms with Crippen LogP contribution < -0.4 is 10.6 Å². The maximum Gasteiger partial charge on any atom is 0.220 e. The van der Waals surface area contributed by atoms with Crippen LogP contribution in [-0.2, 0) is 9.53 Å². The standard InChI is InChI=1S/C29H58N2O8/c1-2-3-4-5-6-7-8-9-10-11-12-13-14-15-16-17-27(36)31-19-18-30-20-24(33)22-39-23-26(35)29(38)28(37)25(34)21-32/h9-10,24-26,28-30,32-35,37-38H,2-8,11-23H2,1H3,(H,31,36). The number of amides is 1. The van der Waals surface area contributed by atoms with Gasteiger partial charge in [-0.15, -0.1) is 0 Å². The van der Waals surface area contributed by atoms with Gasteiger partial charge in [-0.1, -0.05) is 70.4 Å². The summed E-state index contributed by atoms with van der Waals surface area (Å²) in [5.74, 6) is 0.0272. The summed E-state index contributed by atoms with van der Waals surface area (Å²) in [6.45, 7) is 2.17. The number of unbranched alkanes of at least 4 members (excludes halogenated alkanes) is 11. The van der Waals surface area contributed by atoms with Crippen molar-refractivity contribution in [1.82, 2.24) is 10.6 Å². The van der Waals surface area contributed by atoms with E-state index in [0.29, 0.717) is 19.5 Å². The van der Waals surface area contributed by atoms with Gasteiger partial charge in [0.05, 0.1) is 25.9 Å². The quantitative estimate of drug-likeness (QED) is 0.0520. The molecule has 0 fully saturated rings. The summed E-state index contributed by atoms with van der Waals surface area (Å²) < 4.78 is 5.13. The molecule has 0 aromatic carbocycles. The summed E-state index contributed by atoms with van der Waals surface area (Å²) in [4.78, 5) is 11.9. The van der Waals surface area contributed by atoms with Gasteiger partial charge in [0.15, 0.2) is 0 Å². The van der Waals surface area contributed by atoms with Crippen molar-refractivity contribution >= 4 is 5.91 Å². The van der Waals surface area contributed by atoms with Crippen molar-refractivity contribution < 1.29 is 40.2 Å². The highest BCUT2D eigenvalue weighted by Crippen LogP contribution is 2.10. The molecule has 1 amide bonds. The van der Waals surface area contributed by atoms with E-state index in [1.807, 2.05) is 0 Å². The summed E-state index contributed by atoms with van der Waals surface area (Å²) >= 11 is 0. The van der Waals surface area contributed by atoms with Gasteiger partial charge in [0.25, 0.3) is 0 Å². The van der Waals surface area contributed by atoms with Crippen molar-refractivity contribution in [2.75, 3.05) is 39.5 Å². The molecule has 0 aromatic rings. The highest BCUT2D eigenvalue weighted by atomic mass is 16.5. The van der Waals surface area contributed by atoms with E-state index in [2.05, 4.69) is 29.7 Å². The van der Waals surface area contributed by atoms with E-state index in [-0.39, 0.29) is 25.7 Å². The first-order valence-electron chi connectivity index (χ1n) is 15.0. The van der Waals surface area contributed by atoms with E-state index in [1.54, 1.807) is 0 Å². The lowest BCUT2D eigenvalue weighted by Crippen LogP contribution is -2.47. The number of rotatable bonds is 28. The zero-order valence-electron chi connectivity index (χ0n) is 24.2. The van der Waals surface area contributed by atoms with E-state index in [1.165, 1.54) is 57.8 Å². The maximum absolute atomic E-state index is 11.9. The summed E-state index contributed by atoms with van der Waals surface area (Å²) in [5.41, 5.74) is 0. The third kappa shape index (κ3) is 23.3. The molecule has 0 heterocycles. The lowest BCUT2D eigenvalue weighted by Gasteiger charge is -2.25. The van der Waals surface area contributed by atoms with Crippen molar-refractivity contribution in [1.29, 1.82) is 0 Å². The van der Waals surface area contributed by atoms with Gasteiger partial charge >= 0.3 is 0 Å². The van der Waals surface area contributed by atoms with Crippen LogP contribution in [0.3, 0.4) is 0 Å². The molecule has 0 saturated carbocycles. The molecule has 232 valence electrons. The summed E-state index contributed by atoms with van der Waals surface area (Å²) in [6.07, 6.45) is 13.8. The van der Waals surface area contributed by atoms with Crippen LogP contribution in [0.1, 0.15) is 96.8 Å². The normalized spacial score (nSPS) is 15.8. The van der Waals surface area contributed by atoms with E-state index in [9.17, 15) is 30.3 Å². The van der Waals surface area contributed by atoms with Crippen molar-refractivity contribution in [3.05, 3.63) is 12.2 Å². The zero-order chi connectivity index (χ0) is 29.1. The molecule has 10 heteroatoms. The Balaban J connectivity index is 3.53. The number of nitrogens with one attached hydrogen (secondary N) is 2. The third-order valence-electron chi connectivity index (χ3n) is 6.59. The Morgan fingerprint density at radius 3 is 1.92 bits per heavy atom. The first kappa shape index (κ1) is 37.9. The van der Waals surface area contributed by atoms with Crippen molar-refractivity contribution in [2.24, 2.45) is 0 Å². The minimum absolute atomic E-state index is 0.0272. The van der Waals surface area contributed by atoms with Crippen LogP contribution in [0.5, 0.6) is 0 Å². The SMILES string of the molecule is CCCCCCCCC=CCCCCCCCC(=O)NCCNCC(O)COCC(O)C(O)C(O)C(O)CO. The lowest BCUT2D eigenvalue weighted by atomic mass is 10.0. The first-order chi connectivity index (χ1) is 18.8. The maximum atomic E-state index is 11.9. The number of hydrogen-bond acceptors (Lipinski definition) is 9. The Kier molecular flexibility index (Phi) is 26.3. The number of carbonyl (C=O) groups excluding carboxylic acids is 1. The van der Waals surface area contributed by atoms with Crippen LogP contribution in [-0.4, -0.2) is 107 Å². The van der Waals surface area contributed by atoms with Gasteiger partial charge in [0, 0.05) is 26.1 Å². The second-order valence-electron chi connectivity index (χ2n) is 10.4. The van der Waals surface area contributed by atoms with E-state index < -0.39 is 37.1 Å². The van der Waals surface area contributed by atoms with Gasteiger partial charge in [0.1, 0.15) is 24.4 Å².